The quantitative estimate of drug-likeness (QED) is 0.106. The lowest BCUT2D eigenvalue weighted by molar-refractivity contribution is -0.146. The summed E-state index contributed by atoms with van der Waals surface area (Å²) in [6, 6.07) is 32.2. The smallest absolute Gasteiger partial charge is 0.328 e. The van der Waals surface area contributed by atoms with Crippen LogP contribution in [0.1, 0.15) is 41.8 Å². The summed E-state index contributed by atoms with van der Waals surface area (Å²) in [5.41, 5.74) is 2.51. The van der Waals surface area contributed by atoms with Crippen molar-refractivity contribution in [3.8, 4) is 16.9 Å². The fraction of sp³-hybridized carbons (Fsp3) is 0.277. The molecule has 4 aromatic carbocycles. The summed E-state index contributed by atoms with van der Waals surface area (Å²) in [7, 11) is 0. The number of hydrogen-bond donors (Lipinski definition) is 6. The maximum absolute atomic E-state index is 14.5. The summed E-state index contributed by atoms with van der Waals surface area (Å²) < 4.78 is 5.76. The van der Waals surface area contributed by atoms with Crippen LogP contribution >= 0.6 is 11.3 Å². The fourth-order valence-corrected chi connectivity index (χ4v) is 7.54. The van der Waals surface area contributed by atoms with Crippen molar-refractivity contribution in [2.45, 2.75) is 75.7 Å². The fourth-order valence-electron chi connectivity index (χ4n) is 6.79. The van der Waals surface area contributed by atoms with Gasteiger partial charge in [0.2, 0.25) is 23.6 Å². The number of benzene rings is 4. The van der Waals surface area contributed by atoms with Crippen molar-refractivity contribution < 1.29 is 38.6 Å². The Morgan fingerprint density at radius 1 is 0.689 bits per heavy atom. The number of fused-ring (bicyclic) bond motifs is 16. The first kappa shape index (κ1) is 43.8. The van der Waals surface area contributed by atoms with Crippen molar-refractivity contribution in [3.05, 3.63) is 148 Å². The number of aryl methyl sites for hydroxylation is 1. The number of carboxylic acid groups (broad SMARTS) is 1. The maximum atomic E-state index is 14.5. The minimum absolute atomic E-state index is 0.0335. The average Bonchev–Trinajstić information content (AvgIpc) is 3.77. The highest BCUT2D eigenvalue weighted by molar-refractivity contribution is 7.09. The van der Waals surface area contributed by atoms with Crippen molar-refractivity contribution in [1.82, 2.24) is 26.6 Å². The number of nitrogens with one attached hydrogen (secondary N) is 5. The summed E-state index contributed by atoms with van der Waals surface area (Å²) in [5, 5.41) is 25.5. The Morgan fingerprint density at radius 3 is 1.93 bits per heavy atom. The molecule has 1 aromatic heterocycles. The zero-order valence-electron chi connectivity index (χ0n) is 33.9. The molecule has 5 aromatic rings. The first-order valence-corrected chi connectivity index (χ1v) is 20.9. The van der Waals surface area contributed by atoms with Gasteiger partial charge in [-0.3, -0.25) is 24.0 Å². The second-order valence-corrected chi connectivity index (χ2v) is 16.5. The Labute approximate surface area is 358 Å². The summed E-state index contributed by atoms with van der Waals surface area (Å²) >= 11 is 1.42. The van der Waals surface area contributed by atoms with Crippen LogP contribution in [0.2, 0.25) is 0 Å². The number of thiophene rings is 1. The molecule has 0 radical (unpaired) electrons. The van der Waals surface area contributed by atoms with E-state index in [9.17, 15) is 33.9 Å². The van der Waals surface area contributed by atoms with Crippen LogP contribution in [-0.2, 0) is 54.5 Å². The van der Waals surface area contributed by atoms with Crippen LogP contribution in [0.5, 0.6) is 5.75 Å². The molecule has 3 heterocycles. The van der Waals surface area contributed by atoms with Gasteiger partial charge < -0.3 is 36.4 Å². The third kappa shape index (κ3) is 12.6. The van der Waals surface area contributed by atoms with E-state index < -0.39 is 71.8 Å². The predicted octanol–water partition coefficient (Wildman–Crippen LogP) is 4.39. The molecule has 2 bridgehead atoms. The van der Waals surface area contributed by atoms with Crippen LogP contribution in [0.15, 0.2) is 127 Å². The van der Waals surface area contributed by atoms with Gasteiger partial charge in [-0.25, -0.2) is 4.79 Å². The zero-order valence-corrected chi connectivity index (χ0v) is 34.7. The van der Waals surface area contributed by atoms with E-state index in [2.05, 4.69) is 26.6 Å². The standard InChI is InChI=1S/C47H49N5O8S/c1-47(2,46(58)59)52-45(57)39-27-32-17-22-35(23-18-32)60-29-41(53)48-40(28-36-14-9-25-61-36)44(56)50-38(26-31-15-20-34(21-16-31)33-12-7-4-8-13-33)43(55)49-37(42(54)51-39)24-19-30-10-5-3-6-11-30/h3-18,20-23,25,37-40H,19,24,26-29H2,1-2H3,(H,48,53)(H,49,55)(H,50,56)(H,51,54)(H,52,57)(H,58,59). The second-order valence-electron chi connectivity index (χ2n) is 15.4. The zero-order chi connectivity index (χ0) is 43.4. The Morgan fingerprint density at radius 2 is 1.30 bits per heavy atom. The third-order valence-corrected chi connectivity index (χ3v) is 11.2. The number of carbonyl (C=O) groups is 6. The maximum Gasteiger partial charge on any atom is 0.328 e. The van der Waals surface area contributed by atoms with E-state index in [1.54, 1.807) is 24.3 Å². The van der Waals surface area contributed by atoms with Gasteiger partial charge in [0.05, 0.1) is 0 Å². The molecule has 0 saturated carbocycles. The first-order chi connectivity index (χ1) is 29.3. The summed E-state index contributed by atoms with van der Waals surface area (Å²) in [5.74, 6) is -4.23. The molecule has 0 spiro atoms. The topological polar surface area (TPSA) is 192 Å². The molecule has 0 fully saturated rings. The Hall–Kier alpha value is -6.80. The lowest BCUT2D eigenvalue weighted by Crippen LogP contribution is -2.60. The number of carboxylic acids is 1. The predicted molar refractivity (Wildman–Crippen MR) is 232 cm³/mol. The molecule has 0 saturated heterocycles. The van der Waals surface area contributed by atoms with Crippen molar-refractivity contribution in [2.24, 2.45) is 0 Å². The molecular formula is C47H49N5O8S. The van der Waals surface area contributed by atoms with E-state index in [4.69, 9.17) is 4.74 Å². The molecule has 4 atom stereocenters. The van der Waals surface area contributed by atoms with Crippen LogP contribution in [0.4, 0.5) is 0 Å². The van der Waals surface area contributed by atoms with Gasteiger partial charge in [0.1, 0.15) is 35.5 Å². The molecule has 13 nitrogen and oxygen atoms in total. The van der Waals surface area contributed by atoms with Gasteiger partial charge in [-0.2, -0.15) is 0 Å². The summed E-state index contributed by atoms with van der Waals surface area (Å²) in [6.45, 7) is 2.25. The molecule has 6 N–H and O–H groups in total. The monoisotopic (exact) mass is 843 g/mol. The number of aliphatic carboxylic acids is 1. The van der Waals surface area contributed by atoms with Crippen molar-refractivity contribution in [3.63, 3.8) is 0 Å². The van der Waals surface area contributed by atoms with Crippen LogP contribution in [0.3, 0.4) is 0 Å². The van der Waals surface area contributed by atoms with Crippen molar-refractivity contribution in [2.75, 3.05) is 6.61 Å². The van der Waals surface area contributed by atoms with E-state index in [1.165, 1.54) is 25.2 Å². The number of amides is 5. The number of hydrogen-bond acceptors (Lipinski definition) is 8. The van der Waals surface area contributed by atoms with Gasteiger partial charge in [-0.05, 0) is 78.1 Å². The molecule has 5 amide bonds. The normalized spacial score (nSPS) is 19.1. The molecule has 7 rings (SSSR count). The van der Waals surface area contributed by atoms with Gasteiger partial charge in [0, 0.05) is 24.1 Å². The second kappa shape index (κ2) is 20.4. The average molecular weight is 844 g/mol. The molecule has 4 unspecified atom stereocenters. The molecule has 0 aliphatic carbocycles. The van der Waals surface area contributed by atoms with E-state index in [-0.39, 0.29) is 25.7 Å². The SMILES string of the molecule is CC(C)(NC(=O)C1Cc2ccc(cc2)OCC(=O)NC(Cc2cccs2)C(=O)NC(Cc2ccc(-c3ccccc3)cc2)C(=O)NC(CCc2ccccc2)C(=O)N1)C(=O)O. The Bertz CT molecular complexity index is 2290. The third-order valence-electron chi connectivity index (χ3n) is 10.3. The molecule has 2 aliphatic heterocycles. The van der Waals surface area contributed by atoms with Crippen LogP contribution in [0, 0.1) is 0 Å². The van der Waals surface area contributed by atoms with E-state index in [1.807, 2.05) is 102 Å². The van der Waals surface area contributed by atoms with Gasteiger partial charge in [-0.15, -0.1) is 11.3 Å². The van der Waals surface area contributed by atoms with Gasteiger partial charge >= 0.3 is 5.97 Å². The minimum Gasteiger partial charge on any atom is -0.484 e. The van der Waals surface area contributed by atoms with Crippen molar-refractivity contribution in [1.29, 1.82) is 0 Å². The van der Waals surface area contributed by atoms with E-state index >= 15 is 0 Å². The number of ether oxygens (including phenoxy) is 1. The molecule has 2 aliphatic rings. The number of carbonyl (C=O) groups excluding carboxylic acids is 5. The Kier molecular flexibility index (Phi) is 14.7. The highest BCUT2D eigenvalue weighted by Crippen LogP contribution is 2.21. The molecular weight excluding hydrogens is 795 g/mol. The van der Waals surface area contributed by atoms with Crippen molar-refractivity contribution >= 4 is 46.8 Å². The lowest BCUT2D eigenvalue weighted by atomic mass is 9.98. The van der Waals surface area contributed by atoms with Gasteiger partial charge in [-0.1, -0.05) is 103 Å². The highest BCUT2D eigenvalue weighted by Gasteiger charge is 2.35. The minimum atomic E-state index is -1.67. The van der Waals surface area contributed by atoms with E-state index in [0.717, 1.165) is 27.1 Å². The first-order valence-electron chi connectivity index (χ1n) is 20.0. The summed E-state index contributed by atoms with van der Waals surface area (Å²) in [4.78, 5) is 83.1. The lowest BCUT2D eigenvalue weighted by Gasteiger charge is -2.28. The molecule has 14 heteroatoms. The van der Waals surface area contributed by atoms with Crippen LogP contribution < -0.4 is 31.3 Å². The van der Waals surface area contributed by atoms with Gasteiger partial charge in [0.15, 0.2) is 6.61 Å². The van der Waals surface area contributed by atoms with Gasteiger partial charge in [0.25, 0.3) is 5.91 Å². The molecule has 316 valence electrons. The van der Waals surface area contributed by atoms with Crippen LogP contribution in [0.25, 0.3) is 11.1 Å². The molecule has 61 heavy (non-hydrogen) atoms. The highest BCUT2D eigenvalue weighted by atomic mass is 32.1. The summed E-state index contributed by atoms with van der Waals surface area (Å²) in [6.07, 6.45) is 0.623. The largest absolute Gasteiger partial charge is 0.484 e. The van der Waals surface area contributed by atoms with Crippen LogP contribution in [-0.4, -0.2) is 76.9 Å². The number of rotatable bonds is 11. The van der Waals surface area contributed by atoms with E-state index in [0.29, 0.717) is 17.7 Å². The Balaban J connectivity index is 1.35.